The number of hydrogen-bond acceptors (Lipinski definition) is 2. The second kappa shape index (κ2) is 5.32. The van der Waals surface area contributed by atoms with Crippen LogP contribution in [-0.2, 0) is 17.8 Å². The van der Waals surface area contributed by atoms with Crippen molar-refractivity contribution in [2.45, 2.75) is 33.2 Å². The molecule has 2 N–H and O–H groups in total. The number of carbonyl (C=O) groups excluding carboxylic acids is 1. The summed E-state index contributed by atoms with van der Waals surface area (Å²) in [5.74, 6) is 0.506. The van der Waals surface area contributed by atoms with E-state index in [4.69, 9.17) is 0 Å². The Hall–Kier alpha value is -1.35. The highest BCUT2D eigenvalue weighted by Gasteiger charge is 2.14. The molecule has 0 saturated heterocycles. The molecule has 0 unspecified atom stereocenters. The molecular formula is C14H20N2O. The number of fused-ring (bicyclic) bond motifs is 1. The van der Waals surface area contributed by atoms with Crippen LogP contribution in [0.1, 0.15) is 31.4 Å². The van der Waals surface area contributed by atoms with Crippen LogP contribution in [0.15, 0.2) is 18.2 Å². The van der Waals surface area contributed by atoms with E-state index in [2.05, 4.69) is 30.5 Å². The fourth-order valence-corrected chi connectivity index (χ4v) is 2.20. The van der Waals surface area contributed by atoms with Crippen molar-refractivity contribution < 1.29 is 4.79 Å². The first kappa shape index (κ1) is 12.1. The minimum atomic E-state index is 0.110. The fourth-order valence-electron chi connectivity index (χ4n) is 2.20. The molecule has 3 nitrogen and oxygen atoms in total. The zero-order chi connectivity index (χ0) is 12.3. The van der Waals surface area contributed by atoms with E-state index < -0.39 is 0 Å². The van der Waals surface area contributed by atoms with Gasteiger partial charge in [-0.1, -0.05) is 26.0 Å². The topological polar surface area (TPSA) is 41.1 Å². The summed E-state index contributed by atoms with van der Waals surface area (Å²) < 4.78 is 0. The fraction of sp³-hybridized carbons (Fsp3) is 0.500. The summed E-state index contributed by atoms with van der Waals surface area (Å²) in [6.45, 7) is 5.99. The molecule has 0 radical (unpaired) electrons. The molecule has 3 heteroatoms. The molecule has 1 aliphatic rings. The number of nitrogens with one attached hydrogen (secondary N) is 2. The van der Waals surface area contributed by atoms with Gasteiger partial charge in [-0.25, -0.2) is 0 Å². The summed E-state index contributed by atoms with van der Waals surface area (Å²) in [7, 11) is 0. The number of hydrogen-bond donors (Lipinski definition) is 2. The summed E-state index contributed by atoms with van der Waals surface area (Å²) in [6, 6.07) is 6.16. The first-order chi connectivity index (χ1) is 8.16. The Morgan fingerprint density at radius 2 is 2.29 bits per heavy atom. The van der Waals surface area contributed by atoms with Crippen molar-refractivity contribution in [3.8, 4) is 0 Å². The molecule has 1 aliphatic heterocycles. The Morgan fingerprint density at radius 3 is 3.06 bits per heavy atom. The van der Waals surface area contributed by atoms with Crippen LogP contribution >= 0.6 is 0 Å². The molecule has 92 valence electrons. The van der Waals surface area contributed by atoms with Crippen LogP contribution in [0.2, 0.25) is 0 Å². The molecule has 17 heavy (non-hydrogen) atoms. The minimum Gasteiger partial charge on any atom is -0.326 e. The average Bonchev–Trinajstić information content (AvgIpc) is 2.28. The number of amides is 1. The number of benzene rings is 1. The standard InChI is InChI=1S/C14H20N2O/c1-10(2)8-14(17)16-13-5-3-4-11-6-7-15-9-12(11)13/h3-5,10,15H,6-9H2,1-2H3,(H,16,17). The smallest absolute Gasteiger partial charge is 0.224 e. The molecule has 1 aromatic rings. The Balaban J connectivity index is 2.13. The maximum atomic E-state index is 11.8. The first-order valence-corrected chi connectivity index (χ1v) is 6.28. The predicted octanol–water partition coefficient (Wildman–Crippen LogP) is 2.32. The van der Waals surface area contributed by atoms with E-state index in [1.54, 1.807) is 0 Å². The normalized spacial score (nSPS) is 14.5. The third kappa shape index (κ3) is 3.07. The monoisotopic (exact) mass is 232 g/mol. The van der Waals surface area contributed by atoms with Crippen molar-refractivity contribution in [1.29, 1.82) is 0 Å². The summed E-state index contributed by atoms with van der Waals surface area (Å²) in [4.78, 5) is 11.8. The lowest BCUT2D eigenvalue weighted by Gasteiger charge is -2.20. The molecule has 0 fully saturated rings. The van der Waals surface area contributed by atoms with E-state index in [0.717, 1.165) is 25.2 Å². The van der Waals surface area contributed by atoms with Crippen molar-refractivity contribution in [2.75, 3.05) is 11.9 Å². The van der Waals surface area contributed by atoms with Crippen molar-refractivity contribution in [3.05, 3.63) is 29.3 Å². The summed E-state index contributed by atoms with van der Waals surface area (Å²) in [5, 5.41) is 6.37. The lowest BCUT2D eigenvalue weighted by molar-refractivity contribution is -0.116. The minimum absolute atomic E-state index is 0.110. The van der Waals surface area contributed by atoms with Gasteiger partial charge in [-0.15, -0.1) is 0 Å². The number of anilines is 1. The molecule has 2 rings (SSSR count). The third-order valence-corrected chi connectivity index (χ3v) is 3.01. The molecule has 1 heterocycles. The summed E-state index contributed by atoms with van der Waals surface area (Å²) in [5.41, 5.74) is 3.57. The molecule has 0 saturated carbocycles. The van der Waals surface area contributed by atoms with Gasteiger partial charge in [0.1, 0.15) is 0 Å². The highest BCUT2D eigenvalue weighted by Crippen LogP contribution is 2.23. The van der Waals surface area contributed by atoms with Crippen molar-refractivity contribution >= 4 is 11.6 Å². The van der Waals surface area contributed by atoms with Gasteiger partial charge in [0.25, 0.3) is 0 Å². The lowest BCUT2D eigenvalue weighted by Crippen LogP contribution is -2.25. The largest absolute Gasteiger partial charge is 0.326 e. The maximum absolute atomic E-state index is 11.8. The molecule has 1 aromatic carbocycles. The van der Waals surface area contributed by atoms with Gasteiger partial charge in [0.15, 0.2) is 0 Å². The van der Waals surface area contributed by atoms with Gasteiger partial charge in [0.2, 0.25) is 5.91 Å². The maximum Gasteiger partial charge on any atom is 0.224 e. The molecule has 0 aromatic heterocycles. The highest BCUT2D eigenvalue weighted by atomic mass is 16.1. The van der Waals surface area contributed by atoms with Crippen LogP contribution in [0.3, 0.4) is 0 Å². The van der Waals surface area contributed by atoms with E-state index >= 15 is 0 Å². The molecule has 1 amide bonds. The van der Waals surface area contributed by atoms with E-state index in [-0.39, 0.29) is 5.91 Å². The second-order valence-electron chi connectivity index (χ2n) is 5.02. The molecule has 0 bridgehead atoms. The summed E-state index contributed by atoms with van der Waals surface area (Å²) >= 11 is 0. The average molecular weight is 232 g/mol. The first-order valence-electron chi connectivity index (χ1n) is 6.28. The van der Waals surface area contributed by atoms with Gasteiger partial charge in [-0.3, -0.25) is 4.79 Å². The van der Waals surface area contributed by atoms with Crippen LogP contribution in [0.25, 0.3) is 0 Å². The Kier molecular flexibility index (Phi) is 3.79. The zero-order valence-corrected chi connectivity index (χ0v) is 10.5. The van der Waals surface area contributed by atoms with Crippen molar-refractivity contribution in [2.24, 2.45) is 5.92 Å². The van der Waals surface area contributed by atoms with E-state index in [1.807, 2.05) is 12.1 Å². The highest BCUT2D eigenvalue weighted by molar-refractivity contribution is 5.91. The SMILES string of the molecule is CC(C)CC(=O)Nc1cccc2c1CNCC2. The Labute approximate surface area is 103 Å². The van der Waals surface area contributed by atoms with Crippen molar-refractivity contribution in [3.63, 3.8) is 0 Å². The second-order valence-corrected chi connectivity index (χ2v) is 5.02. The van der Waals surface area contributed by atoms with Gasteiger partial charge in [0.05, 0.1) is 0 Å². The summed E-state index contributed by atoms with van der Waals surface area (Å²) in [6.07, 6.45) is 1.63. The molecule has 0 spiro atoms. The molecule has 0 atom stereocenters. The van der Waals surface area contributed by atoms with E-state index in [1.165, 1.54) is 11.1 Å². The zero-order valence-electron chi connectivity index (χ0n) is 10.5. The quantitative estimate of drug-likeness (QED) is 0.839. The number of rotatable bonds is 3. The van der Waals surface area contributed by atoms with Crippen LogP contribution in [0, 0.1) is 5.92 Å². The molecular weight excluding hydrogens is 212 g/mol. The van der Waals surface area contributed by atoms with Crippen LogP contribution in [-0.4, -0.2) is 12.5 Å². The van der Waals surface area contributed by atoms with Gasteiger partial charge in [0, 0.05) is 18.7 Å². The number of carbonyl (C=O) groups is 1. The van der Waals surface area contributed by atoms with E-state index in [9.17, 15) is 4.79 Å². The molecule has 0 aliphatic carbocycles. The predicted molar refractivity (Wildman–Crippen MR) is 69.9 cm³/mol. The van der Waals surface area contributed by atoms with Gasteiger partial charge in [-0.2, -0.15) is 0 Å². The van der Waals surface area contributed by atoms with Crippen LogP contribution in [0.4, 0.5) is 5.69 Å². The van der Waals surface area contributed by atoms with Gasteiger partial charge < -0.3 is 10.6 Å². The third-order valence-electron chi connectivity index (χ3n) is 3.01. The van der Waals surface area contributed by atoms with Gasteiger partial charge in [-0.05, 0) is 36.1 Å². The van der Waals surface area contributed by atoms with Crippen LogP contribution < -0.4 is 10.6 Å². The Bertz CT molecular complexity index is 413. The van der Waals surface area contributed by atoms with Gasteiger partial charge >= 0.3 is 0 Å². The lowest BCUT2D eigenvalue weighted by atomic mass is 9.99. The Morgan fingerprint density at radius 1 is 1.47 bits per heavy atom. The van der Waals surface area contributed by atoms with Crippen molar-refractivity contribution in [1.82, 2.24) is 5.32 Å². The van der Waals surface area contributed by atoms with Crippen LogP contribution in [0.5, 0.6) is 0 Å². The van der Waals surface area contributed by atoms with E-state index in [0.29, 0.717) is 12.3 Å².